The van der Waals surface area contributed by atoms with Crippen molar-refractivity contribution in [3.8, 4) is 5.75 Å². The molecule has 0 bridgehead atoms. The maximum absolute atomic E-state index is 12.4. The summed E-state index contributed by atoms with van der Waals surface area (Å²) in [6.07, 6.45) is 0.580. The molecule has 0 spiro atoms. The van der Waals surface area contributed by atoms with Gasteiger partial charge >= 0.3 is 10.2 Å². The highest BCUT2D eigenvalue weighted by Gasteiger charge is 2.23. The number of nitrogens with one attached hydrogen (secondary N) is 1. The molecule has 0 radical (unpaired) electrons. The van der Waals surface area contributed by atoms with Gasteiger partial charge in [-0.05, 0) is 38.9 Å². The van der Waals surface area contributed by atoms with Crippen molar-refractivity contribution >= 4 is 15.9 Å². The van der Waals surface area contributed by atoms with Crippen LogP contribution in [0.4, 0.5) is 5.69 Å². The molecule has 0 aliphatic heterocycles. The van der Waals surface area contributed by atoms with Crippen molar-refractivity contribution < 1.29 is 13.2 Å². The van der Waals surface area contributed by atoms with Crippen LogP contribution < -0.4 is 19.5 Å². The molecule has 1 aromatic rings. The Morgan fingerprint density at radius 1 is 1.40 bits per heavy atom. The molecule has 0 aliphatic carbocycles. The molecule has 114 valence electrons. The van der Waals surface area contributed by atoms with E-state index in [0.717, 1.165) is 0 Å². The number of hydrogen-bond donors (Lipinski definition) is 2. The van der Waals surface area contributed by atoms with Crippen LogP contribution in [0, 0.1) is 0 Å². The second kappa shape index (κ2) is 7.47. The lowest BCUT2D eigenvalue weighted by Gasteiger charge is -2.26. The zero-order chi connectivity index (χ0) is 15.2. The minimum atomic E-state index is -3.60. The van der Waals surface area contributed by atoms with E-state index in [9.17, 15) is 8.42 Å². The molecule has 0 aliphatic rings. The molecule has 1 aromatic carbocycles. The summed E-state index contributed by atoms with van der Waals surface area (Å²) in [7, 11) is -2.05. The summed E-state index contributed by atoms with van der Waals surface area (Å²) in [5.74, 6) is 0.611. The summed E-state index contributed by atoms with van der Waals surface area (Å²) >= 11 is 0. The minimum Gasteiger partial charge on any atom is -0.497 e. The number of benzene rings is 1. The fourth-order valence-electron chi connectivity index (χ4n) is 1.75. The number of hydrogen-bond acceptors (Lipinski definition) is 4. The first-order valence-electron chi connectivity index (χ1n) is 6.55. The fourth-order valence-corrected chi connectivity index (χ4v) is 3.23. The first-order chi connectivity index (χ1) is 9.40. The standard InChI is InChI=1S/C13H23N3O3S/c1-11(2)15-20(17,18)16(9-5-8-14)12-6-4-7-13(10-12)19-3/h4,6-7,10-11,15H,5,8-9,14H2,1-3H3. The minimum absolute atomic E-state index is 0.175. The molecule has 3 N–H and O–H groups in total. The quantitative estimate of drug-likeness (QED) is 0.753. The van der Waals surface area contributed by atoms with E-state index in [1.807, 2.05) is 0 Å². The maximum atomic E-state index is 12.4. The molecule has 0 aromatic heterocycles. The van der Waals surface area contributed by atoms with Crippen molar-refractivity contribution in [2.45, 2.75) is 26.3 Å². The fraction of sp³-hybridized carbons (Fsp3) is 0.538. The van der Waals surface area contributed by atoms with Crippen molar-refractivity contribution in [1.82, 2.24) is 4.72 Å². The van der Waals surface area contributed by atoms with Crippen LogP contribution in [0.5, 0.6) is 5.75 Å². The number of anilines is 1. The maximum Gasteiger partial charge on any atom is 0.301 e. The summed E-state index contributed by atoms with van der Waals surface area (Å²) in [5.41, 5.74) is 6.05. The summed E-state index contributed by atoms with van der Waals surface area (Å²) < 4.78 is 33.8. The molecular formula is C13H23N3O3S. The van der Waals surface area contributed by atoms with Crippen LogP contribution in [0.2, 0.25) is 0 Å². The van der Waals surface area contributed by atoms with Crippen molar-refractivity contribution in [2.24, 2.45) is 5.73 Å². The summed E-state index contributed by atoms with van der Waals surface area (Å²) in [6.45, 7) is 4.32. The lowest BCUT2D eigenvalue weighted by Crippen LogP contribution is -2.44. The number of ether oxygens (including phenoxy) is 1. The van der Waals surface area contributed by atoms with Gasteiger partial charge in [0.2, 0.25) is 0 Å². The van der Waals surface area contributed by atoms with Gasteiger partial charge in [-0.15, -0.1) is 0 Å². The average Bonchev–Trinajstić information content (AvgIpc) is 2.37. The van der Waals surface area contributed by atoms with Crippen LogP contribution in [0.1, 0.15) is 20.3 Å². The van der Waals surface area contributed by atoms with E-state index < -0.39 is 10.2 Å². The van der Waals surface area contributed by atoms with Crippen LogP contribution in [-0.2, 0) is 10.2 Å². The number of methoxy groups -OCH3 is 1. The number of nitrogens with zero attached hydrogens (tertiary/aromatic N) is 1. The van der Waals surface area contributed by atoms with E-state index in [2.05, 4.69) is 4.72 Å². The van der Waals surface area contributed by atoms with Gasteiger partial charge in [0.1, 0.15) is 5.75 Å². The molecule has 0 unspecified atom stereocenters. The van der Waals surface area contributed by atoms with E-state index in [4.69, 9.17) is 10.5 Å². The van der Waals surface area contributed by atoms with E-state index in [1.54, 1.807) is 45.2 Å². The third-order valence-electron chi connectivity index (χ3n) is 2.58. The van der Waals surface area contributed by atoms with Crippen LogP contribution >= 0.6 is 0 Å². The SMILES string of the molecule is COc1cccc(N(CCCN)S(=O)(=O)NC(C)C)c1. The normalized spacial score (nSPS) is 11.7. The number of nitrogens with two attached hydrogens (primary N) is 1. The van der Waals surface area contributed by atoms with Gasteiger partial charge in [-0.2, -0.15) is 13.1 Å². The van der Waals surface area contributed by atoms with Crippen molar-refractivity contribution in [2.75, 3.05) is 24.5 Å². The zero-order valence-corrected chi connectivity index (χ0v) is 13.0. The Bertz CT molecular complexity index is 517. The predicted molar refractivity (Wildman–Crippen MR) is 81.2 cm³/mol. The van der Waals surface area contributed by atoms with Gasteiger partial charge in [-0.25, -0.2) is 0 Å². The topological polar surface area (TPSA) is 84.7 Å². The van der Waals surface area contributed by atoms with Gasteiger partial charge < -0.3 is 10.5 Å². The van der Waals surface area contributed by atoms with E-state index in [-0.39, 0.29) is 6.04 Å². The van der Waals surface area contributed by atoms with Crippen molar-refractivity contribution in [1.29, 1.82) is 0 Å². The van der Waals surface area contributed by atoms with Gasteiger partial charge in [0.15, 0.2) is 0 Å². The highest BCUT2D eigenvalue weighted by molar-refractivity contribution is 7.90. The van der Waals surface area contributed by atoms with Crippen LogP contribution in [0.15, 0.2) is 24.3 Å². The summed E-state index contributed by atoms with van der Waals surface area (Å²) in [4.78, 5) is 0. The summed E-state index contributed by atoms with van der Waals surface area (Å²) in [6, 6.07) is 6.78. The predicted octanol–water partition coefficient (Wildman–Crippen LogP) is 1.09. The first kappa shape index (κ1) is 16.7. The lowest BCUT2D eigenvalue weighted by atomic mass is 10.3. The van der Waals surface area contributed by atoms with Crippen molar-refractivity contribution in [3.05, 3.63) is 24.3 Å². The largest absolute Gasteiger partial charge is 0.497 e. The molecule has 0 fully saturated rings. The molecule has 7 heteroatoms. The second-order valence-corrected chi connectivity index (χ2v) is 6.32. The van der Waals surface area contributed by atoms with Gasteiger partial charge in [0.25, 0.3) is 0 Å². The average molecular weight is 301 g/mol. The van der Waals surface area contributed by atoms with Crippen LogP contribution in [0.3, 0.4) is 0 Å². The molecule has 20 heavy (non-hydrogen) atoms. The monoisotopic (exact) mass is 301 g/mol. The Morgan fingerprint density at radius 3 is 2.65 bits per heavy atom. The Morgan fingerprint density at radius 2 is 2.10 bits per heavy atom. The highest BCUT2D eigenvalue weighted by Crippen LogP contribution is 2.23. The van der Waals surface area contributed by atoms with Gasteiger partial charge in [0.05, 0.1) is 12.8 Å². The van der Waals surface area contributed by atoms with Crippen LogP contribution in [-0.4, -0.2) is 34.7 Å². The van der Waals surface area contributed by atoms with Gasteiger partial charge in [-0.3, -0.25) is 4.31 Å². The van der Waals surface area contributed by atoms with Crippen molar-refractivity contribution in [3.63, 3.8) is 0 Å². The van der Waals surface area contributed by atoms with Crippen LogP contribution in [0.25, 0.3) is 0 Å². The number of rotatable bonds is 8. The molecular weight excluding hydrogens is 278 g/mol. The summed E-state index contributed by atoms with van der Waals surface area (Å²) in [5, 5.41) is 0. The van der Waals surface area contributed by atoms with Gasteiger partial charge in [-0.1, -0.05) is 6.07 Å². The third-order valence-corrected chi connectivity index (χ3v) is 4.32. The second-order valence-electron chi connectivity index (χ2n) is 4.69. The Kier molecular flexibility index (Phi) is 6.25. The molecule has 0 heterocycles. The molecule has 0 atom stereocenters. The van der Waals surface area contributed by atoms with E-state index in [0.29, 0.717) is 30.9 Å². The Labute approximate surface area is 121 Å². The smallest absolute Gasteiger partial charge is 0.301 e. The van der Waals surface area contributed by atoms with E-state index >= 15 is 0 Å². The Balaban J connectivity index is 3.10. The molecule has 0 saturated carbocycles. The molecule has 6 nitrogen and oxygen atoms in total. The van der Waals surface area contributed by atoms with Gasteiger partial charge in [0, 0.05) is 18.7 Å². The molecule has 1 rings (SSSR count). The Hall–Kier alpha value is -1.31. The lowest BCUT2D eigenvalue weighted by molar-refractivity contribution is 0.415. The highest BCUT2D eigenvalue weighted by atomic mass is 32.2. The molecule has 0 amide bonds. The third kappa shape index (κ3) is 4.66. The molecule has 0 saturated heterocycles. The van der Waals surface area contributed by atoms with E-state index in [1.165, 1.54) is 4.31 Å². The zero-order valence-electron chi connectivity index (χ0n) is 12.2. The first-order valence-corrected chi connectivity index (χ1v) is 7.99.